The lowest BCUT2D eigenvalue weighted by atomic mass is 10.0. The van der Waals surface area contributed by atoms with Crippen molar-refractivity contribution >= 4 is 29.5 Å². The van der Waals surface area contributed by atoms with Crippen molar-refractivity contribution in [1.29, 1.82) is 0 Å². The maximum atomic E-state index is 15.1. The third-order valence-electron chi connectivity index (χ3n) is 7.18. The molecule has 6 rings (SSSR count). The van der Waals surface area contributed by atoms with E-state index < -0.39 is 18.4 Å². The highest BCUT2D eigenvalue weighted by Crippen LogP contribution is 2.39. The second-order valence-corrected chi connectivity index (χ2v) is 9.83. The van der Waals surface area contributed by atoms with Gasteiger partial charge in [-0.1, -0.05) is 17.7 Å². The molecular weight excluding hydrogens is 475 g/mol. The van der Waals surface area contributed by atoms with Gasteiger partial charge in [-0.25, -0.2) is 13.9 Å². The van der Waals surface area contributed by atoms with Crippen LogP contribution in [-0.4, -0.2) is 74.9 Å². The Kier molecular flexibility index (Phi) is 6.11. The second-order valence-electron chi connectivity index (χ2n) is 9.83. The van der Waals surface area contributed by atoms with Crippen LogP contribution in [0, 0.1) is 6.42 Å². The minimum atomic E-state index is -0.665. The molecule has 4 aliphatic rings. The molecule has 2 aromatic rings. The Balaban J connectivity index is 1.11. The van der Waals surface area contributed by atoms with Gasteiger partial charge in [0.1, 0.15) is 18.1 Å². The van der Waals surface area contributed by atoms with Crippen LogP contribution in [0.5, 0.6) is 0 Å². The van der Waals surface area contributed by atoms with E-state index in [0.29, 0.717) is 38.4 Å². The number of hydrogen-bond acceptors (Lipinski definition) is 7. The third kappa shape index (κ3) is 4.81. The third-order valence-corrected chi connectivity index (χ3v) is 7.18. The van der Waals surface area contributed by atoms with Crippen LogP contribution in [0.2, 0.25) is 0 Å². The molecule has 1 unspecified atom stereocenters. The number of aromatic nitrogens is 3. The zero-order valence-corrected chi connectivity index (χ0v) is 20.6. The largest absolute Gasteiger partial charge is 0.446 e. The predicted octanol–water partition coefficient (Wildman–Crippen LogP) is 3.89. The number of allylic oxidation sites excluding steroid dienone is 4. The SMILES string of the molecule is CC1=CC(=O)C[C@H](OC(=O)N2CCN(C3Nc4c(-c5cccnc5C5=C[CH]5)cnn4C=C3F)CC2)CC1. The molecule has 2 atom stereocenters. The summed E-state index contributed by atoms with van der Waals surface area (Å²) in [5.41, 5.74) is 4.75. The van der Waals surface area contributed by atoms with Crippen LogP contribution in [0.15, 0.2) is 48.1 Å². The lowest BCUT2D eigenvalue weighted by molar-refractivity contribution is -0.116. The lowest BCUT2D eigenvalue weighted by Crippen LogP contribution is -2.55. The van der Waals surface area contributed by atoms with Crippen LogP contribution >= 0.6 is 0 Å². The summed E-state index contributed by atoms with van der Waals surface area (Å²) in [6.07, 6.45) is 10.6. The van der Waals surface area contributed by atoms with Crippen LogP contribution < -0.4 is 5.32 Å². The molecule has 10 heteroatoms. The van der Waals surface area contributed by atoms with E-state index >= 15 is 4.39 Å². The average Bonchev–Trinajstić information content (AvgIpc) is 3.68. The number of anilines is 1. The van der Waals surface area contributed by atoms with Crippen molar-refractivity contribution in [1.82, 2.24) is 24.6 Å². The summed E-state index contributed by atoms with van der Waals surface area (Å²) in [5, 5.41) is 7.68. The molecule has 1 saturated heterocycles. The van der Waals surface area contributed by atoms with Crippen LogP contribution in [0.3, 0.4) is 0 Å². The Morgan fingerprint density at radius 2 is 2.03 bits per heavy atom. The van der Waals surface area contributed by atoms with Gasteiger partial charge in [0.15, 0.2) is 11.6 Å². The van der Waals surface area contributed by atoms with Crippen molar-refractivity contribution in [2.24, 2.45) is 0 Å². The standard InChI is InChI=1S/C27H28FN6O3/c1-17-4-7-20(14-19(35)13-17)37-27(36)33-11-9-32(10-12-33)26-23(28)16-34-25(31-26)22(15-30-34)21-3-2-8-29-24(21)18-5-6-18/h2-3,5-6,8,13,15-16,20,26,31H,4,7,9-12,14H2,1H3/t20-,26?/m1/s1. The van der Waals surface area contributed by atoms with E-state index in [0.717, 1.165) is 34.4 Å². The molecule has 0 saturated carbocycles. The molecule has 0 aromatic carbocycles. The molecule has 2 aliphatic heterocycles. The zero-order valence-electron chi connectivity index (χ0n) is 20.6. The number of nitrogens with zero attached hydrogens (tertiary/aromatic N) is 5. The van der Waals surface area contributed by atoms with Crippen molar-refractivity contribution in [3.05, 3.63) is 60.2 Å². The highest BCUT2D eigenvalue weighted by Gasteiger charge is 2.34. The first-order valence-electron chi connectivity index (χ1n) is 12.6. The van der Waals surface area contributed by atoms with E-state index in [1.807, 2.05) is 36.5 Å². The van der Waals surface area contributed by atoms with E-state index in [1.165, 1.54) is 10.9 Å². The van der Waals surface area contributed by atoms with Gasteiger partial charge in [-0.15, -0.1) is 0 Å². The topological polar surface area (TPSA) is 92.6 Å². The number of fused-ring (bicyclic) bond motifs is 1. The Morgan fingerprint density at radius 1 is 1.22 bits per heavy atom. The van der Waals surface area contributed by atoms with Crippen molar-refractivity contribution < 1.29 is 18.7 Å². The van der Waals surface area contributed by atoms with Crippen molar-refractivity contribution in [2.75, 3.05) is 31.5 Å². The number of ether oxygens (including phenoxy) is 1. The summed E-state index contributed by atoms with van der Waals surface area (Å²) in [6.45, 7) is 3.68. The smallest absolute Gasteiger partial charge is 0.410 e. The summed E-state index contributed by atoms with van der Waals surface area (Å²) < 4.78 is 22.3. The average molecular weight is 504 g/mol. The number of halogens is 1. The molecule has 0 spiro atoms. The number of pyridine rings is 1. The van der Waals surface area contributed by atoms with Gasteiger partial charge in [-0.05, 0) is 37.5 Å². The van der Waals surface area contributed by atoms with Gasteiger partial charge in [0.05, 0.1) is 18.1 Å². The minimum absolute atomic E-state index is 0.00717. The first-order valence-corrected chi connectivity index (χ1v) is 12.6. The summed E-state index contributed by atoms with van der Waals surface area (Å²) >= 11 is 0. The van der Waals surface area contributed by atoms with E-state index in [4.69, 9.17) is 4.74 Å². The summed E-state index contributed by atoms with van der Waals surface area (Å²) in [5.74, 6) is 0.348. The summed E-state index contributed by atoms with van der Waals surface area (Å²) in [6, 6.07) is 3.87. The molecular formula is C27H28FN6O3. The van der Waals surface area contributed by atoms with Crippen molar-refractivity contribution in [2.45, 2.75) is 38.5 Å². The molecule has 1 N–H and O–H groups in total. The van der Waals surface area contributed by atoms with Crippen molar-refractivity contribution in [3.8, 4) is 11.1 Å². The zero-order chi connectivity index (χ0) is 25.5. The molecule has 2 aliphatic carbocycles. The minimum Gasteiger partial charge on any atom is -0.446 e. The van der Waals surface area contributed by atoms with Gasteiger partial charge < -0.3 is 15.0 Å². The van der Waals surface area contributed by atoms with Gasteiger partial charge >= 0.3 is 6.09 Å². The number of amides is 1. The first-order chi connectivity index (χ1) is 18.0. The summed E-state index contributed by atoms with van der Waals surface area (Å²) in [7, 11) is 0. The number of ketones is 1. The Labute approximate surface area is 214 Å². The molecule has 0 bridgehead atoms. The van der Waals surface area contributed by atoms with E-state index in [9.17, 15) is 9.59 Å². The predicted molar refractivity (Wildman–Crippen MR) is 137 cm³/mol. The number of hydrogen-bond donors (Lipinski definition) is 1. The Bertz CT molecular complexity index is 1340. The fourth-order valence-electron chi connectivity index (χ4n) is 5.11. The van der Waals surface area contributed by atoms with Gasteiger partial charge in [0.2, 0.25) is 0 Å². The monoisotopic (exact) mass is 503 g/mol. The molecule has 2 aromatic heterocycles. The van der Waals surface area contributed by atoms with Crippen molar-refractivity contribution in [3.63, 3.8) is 0 Å². The number of nitrogens with one attached hydrogen (secondary N) is 1. The fraction of sp³-hybridized carbons (Fsp3) is 0.370. The van der Waals surface area contributed by atoms with E-state index in [-0.39, 0.29) is 18.0 Å². The summed E-state index contributed by atoms with van der Waals surface area (Å²) in [4.78, 5) is 32.9. The second kappa shape index (κ2) is 9.59. The maximum absolute atomic E-state index is 15.1. The molecule has 1 radical (unpaired) electrons. The normalized spacial score (nSPS) is 23.8. The molecule has 37 heavy (non-hydrogen) atoms. The fourth-order valence-corrected chi connectivity index (χ4v) is 5.11. The number of carbonyl (C=O) groups is 2. The van der Waals surface area contributed by atoms with Crippen LogP contribution in [0.4, 0.5) is 15.0 Å². The van der Waals surface area contributed by atoms with E-state index in [2.05, 4.69) is 15.4 Å². The highest BCUT2D eigenvalue weighted by atomic mass is 19.1. The lowest BCUT2D eigenvalue weighted by Gasteiger charge is -2.40. The molecule has 1 amide bonds. The number of carbonyl (C=O) groups excluding carboxylic acids is 2. The molecule has 191 valence electrons. The molecule has 4 heterocycles. The number of piperazine rings is 1. The Hall–Kier alpha value is -3.79. The van der Waals surface area contributed by atoms with Gasteiger partial charge in [0.25, 0.3) is 0 Å². The Morgan fingerprint density at radius 3 is 2.81 bits per heavy atom. The highest BCUT2D eigenvalue weighted by molar-refractivity contribution is 5.94. The molecule has 9 nitrogen and oxygen atoms in total. The van der Waals surface area contributed by atoms with Crippen LogP contribution in [-0.2, 0) is 9.53 Å². The van der Waals surface area contributed by atoms with Gasteiger partial charge in [0, 0.05) is 56.3 Å². The maximum Gasteiger partial charge on any atom is 0.410 e. The molecule has 1 fully saturated rings. The number of rotatable bonds is 4. The first kappa shape index (κ1) is 23.6. The van der Waals surface area contributed by atoms with Crippen LogP contribution in [0.25, 0.3) is 22.9 Å². The van der Waals surface area contributed by atoms with Crippen LogP contribution in [0.1, 0.15) is 31.9 Å². The van der Waals surface area contributed by atoms with Gasteiger partial charge in [-0.2, -0.15) is 5.10 Å². The van der Waals surface area contributed by atoms with Gasteiger partial charge in [-0.3, -0.25) is 14.7 Å². The van der Waals surface area contributed by atoms with E-state index in [1.54, 1.807) is 23.4 Å². The quantitative estimate of drug-likeness (QED) is 0.677.